The number of rotatable bonds is 3. The Hall–Kier alpha value is -1.60. The van der Waals surface area contributed by atoms with Crippen LogP contribution < -0.4 is 0 Å². The molecule has 1 aliphatic rings. The van der Waals surface area contributed by atoms with Gasteiger partial charge in [0.05, 0.1) is 22.8 Å². The highest BCUT2D eigenvalue weighted by atomic mass is 32.2. The number of benzene rings is 1. The number of aliphatic hydroxyl groups excluding tert-OH is 1. The third-order valence-corrected chi connectivity index (χ3v) is 5.03. The number of nitro benzene ring substituents is 1. The highest BCUT2D eigenvalue weighted by Crippen LogP contribution is 2.32. The first-order valence-electron chi connectivity index (χ1n) is 6.70. The zero-order valence-electron chi connectivity index (χ0n) is 12.5. The van der Waals surface area contributed by atoms with E-state index in [0.29, 0.717) is 5.56 Å². The second kappa shape index (κ2) is 6.03. The van der Waals surface area contributed by atoms with E-state index in [9.17, 15) is 15.2 Å². The summed E-state index contributed by atoms with van der Waals surface area (Å²) < 4.78 is 0. The Balaban J connectivity index is 2.34. The lowest BCUT2D eigenvalue weighted by Gasteiger charge is -2.23. The van der Waals surface area contributed by atoms with E-state index in [1.807, 2.05) is 18.9 Å². The molecule has 1 N–H and O–H groups in total. The van der Waals surface area contributed by atoms with Gasteiger partial charge in [0.25, 0.3) is 5.69 Å². The Morgan fingerprint density at radius 1 is 1.48 bits per heavy atom. The molecule has 0 spiro atoms. The van der Waals surface area contributed by atoms with Gasteiger partial charge in [-0.05, 0) is 32.4 Å². The highest BCUT2D eigenvalue weighted by Gasteiger charge is 2.30. The minimum atomic E-state index is -0.421. The van der Waals surface area contributed by atoms with Crippen molar-refractivity contribution in [2.75, 3.05) is 12.8 Å². The van der Waals surface area contributed by atoms with Gasteiger partial charge < -0.3 is 10.0 Å². The van der Waals surface area contributed by atoms with Gasteiger partial charge in [0.15, 0.2) is 5.17 Å². The molecule has 1 aliphatic heterocycles. The van der Waals surface area contributed by atoms with Crippen molar-refractivity contribution in [2.24, 2.45) is 4.99 Å². The molecular formula is C14H19N3O3S. The number of hydrogen-bond donors (Lipinski definition) is 1. The minimum absolute atomic E-state index is 0.0493. The maximum atomic E-state index is 10.9. The van der Waals surface area contributed by atoms with Gasteiger partial charge in [0, 0.05) is 24.4 Å². The monoisotopic (exact) mass is 309 g/mol. The zero-order valence-corrected chi connectivity index (χ0v) is 13.3. The third kappa shape index (κ3) is 3.03. The quantitative estimate of drug-likeness (QED) is 0.686. The molecule has 1 heterocycles. The summed E-state index contributed by atoms with van der Waals surface area (Å²) in [6, 6.07) is 3.22. The lowest BCUT2D eigenvalue weighted by molar-refractivity contribution is -0.385. The molecule has 0 saturated carbocycles. The van der Waals surface area contributed by atoms with Gasteiger partial charge in [-0.2, -0.15) is 0 Å². The van der Waals surface area contributed by atoms with E-state index < -0.39 is 6.10 Å². The van der Waals surface area contributed by atoms with Gasteiger partial charge in [-0.25, -0.2) is 4.99 Å². The van der Waals surface area contributed by atoms with Gasteiger partial charge in [-0.1, -0.05) is 11.8 Å². The van der Waals surface area contributed by atoms with Crippen molar-refractivity contribution in [3.63, 3.8) is 0 Å². The van der Waals surface area contributed by atoms with Crippen LogP contribution >= 0.6 is 11.8 Å². The zero-order chi connectivity index (χ0) is 15.7. The number of hydrogen-bond acceptors (Lipinski definition) is 5. The largest absolute Gasteiger partial charge is 0.391 e. The molecule has 1 aromatic rings. The van der Waals surface area contributed by atoms with Gasteiger partial charge in [-0.3, -0.25) is 10.1 Å². The van der Waals surface area contributed by atoms with E-state index >= 15 is 0 Å². The fourth-order valence-corrected chi connectivity index (χ4v) is 3.63. The average Bonchev–Trinajstić information content (AvgIpc) is 2.76. The number of aliphatic imine (C=N–C) groups is 1. The Morgan fingerprint density at radius 3 is 2.67 bits per heavy atom. The topological polar surface area (TPSA) is 79.0 Å². The predicted molar refractivity (Wildman–Crippen MR) is 85.4 cm³/mol. The molecule has 114 valence electrons. The molecule has 1 saturated heterocycles. The van der Waals surface area contributed by atoms with Gasteiger partial charge in [0.1, 0.15) is 0 Å². The van der Waals surface area contributed by atoms with Crippen LogP contribution in [0.3, 0.4) is 0 Å². The maximum absolute atomic E-state index is 10.9. The molecular weight excluding hydrogens is 290 g/mol. The van der Waals surface area contributed by atoms with Crippen molar-refractivity contribution in [1.29, 1.82) is 0 Å². The number of amidine groups is 1. The minimum Gasteiger partial charge on any atom is -0.391 e. The predicted octanol–water partition coefficient (Wildman–Crippen LogP) is 2.63. The summed E-state index contributed by atoms with van der Waals surface area (Å²) in [5.41, 5.74) is 2.30. The second-order valence-electron chi connectivity index (χ2n) is 5.24. The number of nitrogens with zero attached hydrogens (tertiary/aromatic N) is 3. The van der Waals surface area contributed by atoms with Crippen LogP contribution in [0.4, 0.5) is 11.4 Å². The SMILES string of the molecule is Cc1c(N=C2SC[C@H](C(C)O)N2C)ccc([N+](=O)[O-])c1C. The van der Waals surface area contributed by atoms with Crippen molar-refractivity contribution < 1.29 is 10.0 Å². The van der Waals surface area contributed by atoms with Crippen molar-refractivity contribution in [3.8, 4) is 0 Å². The van der Waals surface area contributed by atoms with Crippen LogP contribution in [-0.4, -0.2) is 45.0 Å². The number of aliphatic hydroxyl groups is 1. The second-order valence-corrected chi connectivity index (χ2v) is 6.22. The molecule has 2 atom stereocenters. The summed E-state index contributed by atoms with van der Waals surface area (Å²) in [4.78, 5) is 17.1. The summed E-state index contributed by atoms with van der Waals surface area (Å²) in [6.45, 7) is 5.35. The molecule has 2 rings (SSSR count). The number of nitro groups is 1. The summed E-state index contributed by atoms with van der Waals surface area (Å²) >= 11 is 1.59. The summed E-state index contributed by atoms with van der Waals surface area (Å²) in [5.74, 6) is 0.790. The number of thioether (sulfide) groups is 1. The molecule has 0 aliphatic carbocycles. The molecule has 6 nitrogen and oxygen atoms in total. The number of likely N-dealkylation sites (N-methyl/N-ethyl adjacent to an activating group) is 1. The molecule has 0 amide bonds. The molecule has 21 heavy (non-hydrogen) atoms. The van der Waals surface area contributed by atoms with Crippen LogP contribution in [0.5, 0.6) is 0 Å². The summed E-state index contributed by atoms with van der Waals surface area (Å²) in [6.07, 6.45) is -0.421. The van der Waals surface area contributed by atoms with E-state index in [0.717, 1.165) is 22.2 Å². The van der Waals surface area contributed by atoms with Crippen LogP contribution in [0.15, 0.2) is 17.1 Å². The standard InChI is InChI=1S/C14H19N3O3S/c1-8-9(2)12(17(19)20)6-5-11(8)15-14-16(4)13(7-21-14)10(3)18/h5-6,10,13,18H,7H2,1-4H3/t10?,13-/m1/s1. The molecule has 1 aromatic carbocycles. The normalized spacial score (nSPS) is 21.9. The lowest BCUT2D eigenvalue weighted by Crippen LogP contribution is -2.38. The van der Waals surface area contributed by atoms with E-state index in [-0.39, 0.29) is 16.7 Å². The van der Waals surface area contributed by atoms with Crippen LogP contribution in [0, 0.1) is 24.0 Å². The molecule has 1 fully saturated rings. The first kappa shape index (κ1) is 15.8. The highest BCUT2D eigenvalue weighted by molar-refractivity contribution is 8.14. The maximum Gasteiger partial charge on any atom is 0.272 e. The lowest BCUT2D eigenvalue weighted by atomic mass is 10.1. The van der Waals surface area contributed by atoms with Crippen LogP contribution in [-0.2, 0) is 0 Å². The first-order valence-corrected chi connectivity index (χ1v) is 7.68. The van der Waals surface area contributed by atoms with Gasteiger partial charge in [0.2, 0.25) is 0 Å². The Morgan fingerprint density at radius 2 is 2.14 bits per heavy atom. The smallest absolute Gasteiger partial charge is 0.272 e. The van der Waals surface area contributed by atoms with E-state index in [1.165, 1.54) is 6.07 Å². The summed E-state index contributed by atoms with van der Waals surface area (Å²) in [7, 11) is 1.91. The van der Waals surface area contributed by atoms with E-state index in [1.54, 1.807) is 31.7 Å². The van der Waals surface area contributed by atoms with E-state index in [2.05, 4.69) is 4.99 Å². The van der Waals surface area contributed by atoms with Crippen molar-refractivity contribution >= 4 is 28.3 Å². The molecule has 0 radical (unpaired) electrons. The van der Waals surface area contributed by atoms with Gasteiger partial charge in [-0.15, -0.1) is 0 Å². The first-order chi connectivity index (χ1) is 9.82. The van der Waals surface area contributed by atoms with Crippen molar-refractivity contribution in [2.45, 2.75) is 32.9 Å². The van der Waals surface area contributed by atoms with E-state index in [4.69, 9.17) is 0 Å². The van der Waals surface area contributed by atoms with Gasteiger partial charge >= 0.3 is 0 Å². The van der Waals surface area contributed by atoms with Crippen LogP contribution in [0.1, 0.15) is 18.1 Å². The van der Waals surface area contributed by atoms with Crippen LogP contribution in [0.2, 0.25) is 0 Å². The average molecular weight is 309 g/mol. The molecule has 1 unspecified atom stereocenters. The third-order valence-electron chi connectivity index (χ3n) is 3.88. The van der Waals surface area contributed by atoms with Crippen molar-refractivity contribution in [3.05, 3.63) is 33.4 Å². The Kier molecular flexibility index (Phi) is 4.53. The van der Waals surface area contributed by atoms with Crippen molar-refractivity contribution in [1.82, 2.24) is 4.90 Å². The molecule has 0 bridgehead atoms. The molecule has 7 heteroatoms. The van der Waals surface area contributed by atoms with Crippen LogP contribution in [0.25, 0.3) is 0 Å². The Bertz CT molecular complexity index is 601. The summed E-state index contributed by atoms with van der Waals surface area (Å²) in [5, 5.41) is 21.5. The fourth-order valence-electron chi connectivity index (χ4n) is 2.30. The fraction of sp³-hybridized carbons (Fsp3) is 0.500. The Labute approximate surface area is 128 Å². The molecule has 0 aromatic heterocycles.